The lowest BCUT2D eigenvalue weighted by atomic mass is 10.2. The van der Waals surface area contributed by atoms with Gasteiger partial charge in [-0.25, -0.2) is 14.4 Å². The fourth-order valence-corrected chi connectivity index (χ4v) is 1.76. The van der Waals surface area contributed by atoms with E-state index in [4.69, 9.17) is 0 Å². The van der Waals surface area contributed by atoms with Gasteiger partial charge in [-0.3, -0.25) is 4.79 Å². The monoisotopic (exact) mass is 263 g/mol. The number of hydrogen-bond acceptors (Lipinski definition) is 5. The van der Waals surface area contributed by atoms with Gasteiger partial charge in [0.05, 0.1) is 19.0 Å². The van der Waals surface area contributed by atoms with Gasteiger partial charge in [-0.15, -0.1) is 0 Å². The fourth-order valence-electron chi connectivity index (χ4n) is 1.76. The summed E-state index contributed by atoms with van der Waals surface area (Å²) in [7, 11) is 1.34. The summed E-state index contributed by atoms with van der Waals surface area (Å²) in [5.41, 5.74) is 0.643. The number of aromatic nitrogens is 2. The summed E-state index contributed by atoms with van der Waals surface area (Å²) < 4.78 is 17.9. The van der Waals surface area contributed by atoms with Gasteiger partial charge >= 0.3 is 5.97 Å². The molecule has 2 rings (SSSR count). The van der Waals surface area contributed by atoms with Crippen LogP contribution in [0.4, 0.5) is 10.2 Å². The van der Waals surface area contributed by atoms with E-state index < -0.39 is 0 Å². The molecule has 2 aromatic rings. The third-order valence-electron chi connectivity index (χ3n) is 2.68. The summed E-state index contributed by atoms with van der Waals surface area (Å²) in [5.74, 6) is -0.170. The van der Waals surface area contributed by atoms with Crippen molar-refractivity contribution in [1.82, 2.24) is 9.97 Å². The number of nitrogens with one attached hydrogen (secondary N) is 1. The molecule has 1 N–H and O–H groups in total. The molecular formula is C13H14FN3O2. The van der Waals surface area contributed by atoms with Crippen molar-refractivity contribution in [2.45, 2.75) is 19.4 Å². The van der Waals surface area contributed by atoms with Gasteiger partial charge in [0.25, 0.3) is 0 Å². The van der Waals surface area contributed by atoms with Gasteiger partial charge in [0, 0.05) is 11.4 Å². The minimum absolute atomic E-state index is 0.172. The highest BCUT2D eigenvalue weighted by Gasteiger charge is 2.12. The highest BCUT2D eigenvalue weighted by Crippen LogP contribution is 2.21. The second-order valence-corrected chi connectivity index (χ2v) is 4.21. The van der Waals surface area contributed by atoms with Gasteiger partial charge in [0.1, 0.15) is 18.0 Å². The molecule has 1 unspecified atom stereocenters. The normalized spacial score (nSPS) is 12.2. The van der Waals surface area contributed by atoms with E-state index in [0.29, 0.717) is 16.7 Å². The molecule has 0 bridgehead atoms. The number of benzene rings is 1. The quantitative estimate of drug-likeness (QED) is 0.856. The Bertz CT molecular complexity index is 603. The predicted octanol–water partition coefficient (Wildman–Crippen LogP) is 2.13. The zero-order chi connectivity index (χ0) is 13.8. The zero-order valence-electron chi connectivity index (χ0n) is 10.7. The van der Waals surface area contributed by atoms with Crippen LogP contribution in [0.3, 0.4) is 0 Å². The molecule has 6 heteroatoms. The smallest absolute Gasteiger partial charge is 0.307 e. The highest BCUT2D eigenvalue weighted by molar-refractivity contribution is 5.89. The van der Waals surface area contributed by atoms with Crippen molar-refractivity contribution in [2.75, 3.05) is 12.4 Å². The molecule has 0 fully saturated rings. The van der Waals surface area contributed by atoms with Crippen LogP contribution in [0.1, 0.15) is 13.3 Å². The summed E-state index contributed by atoms with van der Waals surface area (Å²) >= 11 is 0. The van der Waals surface area contributed by atoms with Crippen molar-refractivity contribution in [2.24, 2.45) is 0 Å². The molecule has 0 aliphatic rings. The zero-order valence-corrected chi connectivity index (χ0v) is 10.7. The average Bonchev–Trinajstić information content (AvgIpc) is 2.39. The average molecular weight is 263 g/mol. The molecule has 0 spiro atoms. The lowest BCUT2D eigenvalue weighted by Gasteiger charge is -2.14. The number of carbonyl (C=O) groups excluding carboxylic acids is 1. The Morgan fingerprint density at radius 2 is 2.26 bits per heavy atom. The van der Waals surface area contributed by atoms with E-state index in [-0.39, 0.29) is 24.2 Å². The van der Waals surface area contributed by atoms with E-state index in [1.807, 2.05) is 6.92 Å². The Hall–Kier alpha value is -2.24. The Kier molecular flexibility index (Phi) is 3.89. The molecule has 5 nitrogen and oxygen atoms in total. The maximum Gasteiger partial charge on any atom is 0.307 e. The van der Waals surface area contributed by atoms with Gasteiger partial charge in [-0.05, 0) is 25.1 Å². The molecule has 1 aromatic carbocycles. The lowest BCUT2D eigenvalue weighted by molar-refractivity contribution is -0.140. The van der Waals surface area contributed by atoms with Crippen molar-refractivity contribution >= 4 is 22.7 Å². The summed E-state index contributed by atoms with van der Waals surface area (Å²) in [6, 6.07) is 4.12. The number of anilines is 1. The first kappa shape index (κ1) is 13.2. The number of esters is 1. The Labute approximate surface area is 109 Å². The van der Waals surface area contributed by atoms with E-state index in [9.17, 15) is 9.18 Å². The first-order valence-corrected chi connectivity index (χ1v) is 5.83. The van der Waals surface area contributed by atoms with Crippen molar-refractivity contribution in [3.8, 4) is 0 Å². The topological polar surface area (TPSA) is 64.1 Å². The summed E-state index contributed by atoms with van der Waals surface area (Å²) in [6.07, 6.45) is 1.60. The molecule has 1 aromatic heterocycles. The van der Waals surface area contributed by atoms with E-state index in [0.717, 1.165) is 0 Å². The van der Waals surface area contributed by atoms with Crippen LogP contribution < -0.4 is 5.32 Å². The Morgan fingerprint density at radius 3 is 3.00 bits per heavy atom. The fraction of sp³-hybridized carbons (Fsp3) is 0.308. The van der Waals surface area contributed by atoms with Crippen molar-refractivity contribution in [3.05, 3.63) is 30.3 Å². The maximum absolute atomic E-state index is 13.3. The van der Waals surface area contributed by atoms with Crippen LogP contribution in [-0.2, 0) is 9.53 Å². The van der Waals surface area contributed by atoms with E-state index in [1.54, 1.807) is 6.07 Å². The molecular weight excluding hydrogens is 249 g/mol. The van der Waals surface area contributed by atoms with Gasteiger partial charge in [-0.1, -0.05) is 0 Å². The first-order valence-electron chi connectivity index (χ1n) is 5.83. The number of hydrogen-bond donors (Lipinski definition) is 1. The number of ether oxygens (including phenoxy) is 1. The molecule has 0 radical (unpaired) electrons. The number of methoxy groups -OCH3 is 1. The Morgan fingerprint density at radius 1 is 1.47 bits per heavy atom. The molecule has 0 aliphatic heterocycles. The van der Waals surface area contributed by atoms with Crippen LogP contribution in [0.5, 0.6) is 0 Å². The molecule has 0 aliphatic carbocycles. The number of carbonyl (C=O) groups is 1. The van der Waals surface area contributed by atoms with E-state index in [1.165, 1.54) is 25.6 Å². The van der Waals surface area contributed by atoms with E-state index in [2.05, 4.69) is 20.0 Å². The van der Waals surface area contributed by atoms with Crippen LogP contribution in [0.25, 0.3) is 10.9 Å². The van der Waals surface area contributed by atoms with Crippen molar-refractivity contribution < 1.29 is 13.9 Å². The van der Waals surface area contributed by atoms with Gasteiger partial charge in [-0.2, -0.15) is 0 Å². The lowest BCUT2D eigenvalue weighted by Crippen LogP contribution is -2.21. The highest BCUT2D eigenvalue weighted by atomic mass is 19.1. The molecule has 1 heterocycles. The summed E-state index contributed by atoms with van der Waals surface area (Å²) in [4.78, 5) is 19.3. The molecule has 0 saturated heterocycles. The third-order valence-corrected chi connectivity index (χ3v) is 2.68. The van der Waals surface area contributed by atoms with Crippen LogP contribution in [-0.4, -0.2) is 29.1 Å². The number of rotatable bonds is 4. The number of nitrogens with zero attached hydrogens (tertiary/aromatic N) is 2. The van der Waals surface area contributed by atoms with Crippen molar-refractivity contribution in [1.29, 1.82) is 0 Å². The maximum atomic E-state index is 13.3. The second-order valence-electron chi connectivity index (χ2n) is 4.21. The predicted molar refractivity (Wildman–Crippen MR) is 69.2 cm³/mol. The molecule has 100 valence electrons. The third kappa shape index (κ3) is 3.15. The van der Waals surface area contributed by atoms with Gasteiger partial charge < -0.3 is 10.1 Å². The minimum atomic E-state index is -0.356. The first-order chi connectivity index (χ1) is 9.10. The standard InChI is InChI=1S/C13H14FN3O2/c1-8(5-12(18)19-2)17-13-10-6-9(14)3-4-11(10)15-7-16-13/h3-4,6-8H,5H2,1-2H3,(H,15,16,17). The molecule has 0 amide bonds. The Balaban J connectivity index is 2.25. The van der Waals surface area contributed by atoms with E-state index >= 15 is 0 Å². The van der Waals surface area contributed by atoms with Crippen LogP contribution in [0.15, 0.2) is 24.5 Å². The number of fused-ring (bicyclic) bond motifs is 1. The largest absolute Gasteiger partial charge is 0.469 e. The van der Waals surface area contributed by atoms with Gasteiger partial charge in [0.2, 0.25) is 0 Å². The summed E-state index contributed by atoms with van der Waals surface area (Å²) in [5, 5.41) is 3.64. The van der Waals surface area contributed by atoms with Crippen LogP contribution >= 0.6 is 0 Å². The van der Waals surface area contributed by atoms with Gasteiger partial charge in [0.15, 0.2) is 0 Å². The molecule has 1 atom stereocenters. The van der Waals surface area contributed by atoms with Crippen LogP contribution in [0.2, 0.25) is 0 Å². The van der Waals surface area contributed by atoms with Crippen molar-refractivity contribution in [3.63, 3.8) is 0 Å². The minimum Gasteiger partial charge on any atom is -0.469 e. The van der Waals surface area contributed by atoms with Crippen LogP contribution in [0, 0.1) is 5.82 Å². The molecule has 0 saturated carbocycles. The SMILES string of the molecule is COC(=O)CC(C)Nc1ncnc2ccc(F)cc12. The molecule has 19 heavy (non-hydrogen) atoms. The second kappa shape index (κ2) is 5.60. The number of halogens is 1. The summed E-state index contributed by atoms with van der Waals surface area (Å²) in [6.45, 7) is 1.82.